The number of ether oxygens (including phenoxy) is 1. The molecule has 110 valence electrons. The Morgan fingerprint density at radius 2 is 1.71 bits per heavy atom. The third-order valence-electron chi connectivity index (χ3n) is 3.33. The lowest BCUT2D eigenvalue weighted by Gasteiger charge is -2.12. The second-order valence-corrected chi connectivity index (χ2v) is 5.45. The normalized spacial score (nSPS) is 10.3. The van der Waals surface area contributed by atoms with Gasteiger partial charge in [0.15, 0.2) is 0 Å². The molecule has 3 heteroatoms. The summed E-state index contributed by atoms with van der Waals surface area (Å²) >= 11 is 0. The monoisotopic (exact) mass is 283 g/mol. The van der Waals surface area contributed by atoms with Crippen LogP contribution in [0.5, 0.6) is 5.75 Å². The molecule has 21 heavy (non-hydrogen) atoms. The summed E-state index contributed by atoms with van der Waals surface area (Å²) in [4.78, 5) is 13.4. The van der Waals surface area contributed by atoms with Crippen LogP contribution in [0, 0.1) is 13.8 Å². The van der Waals surface area contributed by atoms with Gasteiger partial charge in [-0.15, -0.1) is 0 Å². The van der Waals surface area contributed by atoms with Crippen LogP contribution in [-0.4, -0.2) is 24.9 Å². The summed E-state index contributed by atoms with van der Waals surface area (Å²) < 4.78 is 5.83. The van der Waals surface area contributed by atoms with Gasteiger partial charge < -0.3 is 9.64 Å². The maximum Gasteiger partial charge on any atom is 0.253 e. The molecule has 0 bridgehead atoms. The van der Waals surface area contributed by atoms with Gasteiger partial charge in [-0.05, 0) is 43.2 Å². The smallest absolute Gasteiger partial charge is 0.253 e. The van der Waals surface area contributed by atoms with Crippen LogP contribution in [-0.2, 0) is 6.61 Å². The Morgan fingerprint density at radius 1 is 1.05 bits per heavy atom. The number of benzene rings is 2. The van der Waals surface area contributed by atoms with E-state index in [0.29, 0.717) is 12.2 Å². The van der Waals surface area contributed by atoms with Gasteiger partial charge in [-0.1, -0.05) is 29.8 Å². The first-order valence-corrected chi connectivity index (χ1v) is 6.98. The van der Waals surface area contributed by atoms with Crippen LogP contribution in [0.3, 0.4) is 0 Å². The van der Waals surface area contributed by atoms with Crippen molar-refractivity contribution in [3.05, 3.63) is 64.7 Å². The zero-order chi connectivity index (χ0) is 15.4. The Morgan fingerprint density at radius 3 is 2.29 bits per heavy atom. The molecule has 0 aromatic heterocycles. The number of hydrogen-bond donors (Lipinski definition) is 0. The van der Waals surface area contributed by atoms with Crippen LogP contribution in [0.4, 0.5) is 0 Å². The first-order valence-electron chi connectivity index (χ1n) is 6.98. The van der Waals surface area contributed by atoms with Crippen molar-refractivity contribution in [3.8, 4) is 5.75 Å². The molecule has 0 saturated heterocycles. The molecule has 0 spiro atoms. The average Bonchev–Trinajstić information content (AvgIpc) is 2.46. The summed E-state index contributed by atoms with van der Waals surface area (Å²) in [6.07, 6.45) is 0. The van der Waals surface area contributed by atoms with Gasteiger partial charge in [0, 0.05) is 19.7 Å². The standard InChI is InChI=1S/C18H21NO2/c1-13-5-10-17(14(2)11-13)21-12-15-6-8-16(9-7-15)18(20)19(3)4/h5-11H,12H2,1-4H3. The number of carbonyl (C=O) groups excluding carboxylic acids is 1. The van der Waals surface area contributed by atoms with E-state index in [2.05, 4.69) is 13.0 Å². The van der Waals surface area contributed by atoms with Gasteiger partial charge in [-0.3, -0.25) is 4.79 Å². The van der Waals surface area contributed by atoms with E-state index >= 15 is 0 Å². The van der Waals surface area contributed by atoms with Gasteiger partial charge in [0.05, 0.1) is 0 Å². The number of hydrogen-bond acceptors (Lipinski definition) is 2. The molecule has 2 rings (SSSR count). The molecule has 0 heterocycles. The van der Waals surface area contributed by atoms with E-state index < -0.39 is 0 Å². The molecule has 0 radical (unpaired) electrons. The highest BCUT2D eigenvalue weighted by Crippen LogP contribution is 2.20. The van der Waals surface area contributed by atoms with Gasteiger partial charge >= 0.3 is 0 Å². The van der Waals surface area contributed by atoms with Crippen LogP contribution < -0.4 is 4.74 Å². The predicted octanol–water partition coefficient (Wildman–Crippen LogP) is 3.58. The molecule has 0 fully saturated rings. The van der Waals surface area contributed by atoms with Crippen LogP contribution >= 0.6 is 0 Å². The van der Waals surface area contributed by atoms with Crippen molar-refractivity contribution < 1.29 is 9.53 Å². The Labute approximate surface area is 126 Å². The predicted molar refractivity (Wildman–Crippen MR) is 84.7 cm³/mol. The molecule has 3 nitrogen and oxygen atoms in total. The van der Waals surface area contributed by atoms with Crippen LogP contribution in [0.1, 0.15) is 27.0 Å². The van der Waals surface area contributed by atoms with Crippen molar-refractivity contribution in [2.45, 2.75) is 20.5 Å². The molecule has 0 N–H and O–H groups in total. The molecule has 2 aromatic carbocycles. The zero-order valence-electron chi connectivity index (χ0n) is 13.0. The first kappa shape index (κ1) is 15.1. The molecule has 0 unspecified atom stereocenters. The SMILES string of the molecule is Cc1ccc(OCc2ccc(C(=O)N(C)C)cc2)c(C)c1. The lowest BCUT2D eigenvalue weighted by atomic mass is 10.1. The minimum absolute atomic E-state index is 0.0110. The third kappa shape index (κ3) is 3.85. The minimum atomic E-state index is 0.0110. The van der Waals surface area contributed by atoms with Gasteiger partial charge in [0.25, 0.3) is 5.91 Å². The number of amides is 1. The molecule has 0 atom stereocenters. The fourth-order valence-electron chi connectivity index (χ4n) is 2.12. The summed E-state index contributed by atoms with van der Waals surface area (Å²) in [5.41, 5.74) is 4.10. The highest BCUT2D eigenvalue weighted by Gasteiger charge is 2.07. The van der Waals surface area contributed by atoms with Crippen molar-refractivity contribution in [1.29, 1.82) is 0 Å². The van der Waals surface area contributed by atoms with E-state index in [9.17, 15) is 4.79 Å². The average molecular weight is 283 g/mol. The molecule has 0 aliphatic heterocycles. The molecule has 2 aromatic rings. The lowest BCUT2D eigenvalue weighted by Crippen LogP contribution is -2.21. The molecule has 1 amide bonds. The zero-order valence-corrected chi connectivity index (χ0v) is 13.0. The van der Waals surface area contributed by atoms with Gasteiger partial charge in [0.2, 0.25) is 0 Å². The maximum atomic E-state index is 11.8. The first-order chi connectivity index (χ1) is 9.97. The quantitative estimate of drug-likeness (QED) is 0.858. The second kappa shape index (κ2) is 6.44. The number of aryl methyl sites for hydroxylation is 2. The Kier molecular flexibility index (Phi) is 4.63. The largest absolute Gasteiger partial charge is 0.489 e. The molecule has 0 aliphatic carbocycles. The maximum absolute atomic E-state index is 11.8. The van der Waals surface area contributed by atoms with Crippen molar-refractivity contribution >= 4 is 5.91 Å². The van der Waals surface area contributed by atoms with E-state index in [4.69, 9.17) is 4.74 Å². The fraction of sp³-hybridized carbons (Fsp3) is 0.278. The van der Waals surface area contributed by atoms with Crippen LogP contribution in [0.25, 0.3) is 0 Å². The topological polar surface area (TPSA) is 29.5 Å². The summed E-state index contributed by atoms with van der Waals surface area (Å²) in [5, 5.41) is 0. The highest BCUT2D eigenvalue weighted by atomic mass is 16.5. The highest BCUT2D eigenvalue weighted by molar-refractivity contribution is 5.93. The summed E-state index contributed by atoms with van der Waals surface area (Å²) in [6, 6.07) is 13.7. The summed E-state index contributed by atoms with van der Waals surface area (Å²) in [7, 11) is 3.50. The minimum Gasteiger partial charge on any atom is -0.489 e. The van der Waals surface area contributed by atoms with Gasteiger partial charge in [0.1, 0.15) is 12.4 Å². The molecule has 0 saturated carbocycles. The van der Waals surface area contributed by atoms with E-state index in [0.717, 1.165) is 16.9 Å². The van der Waals surface area contributed by atoms with E-state index in [1.54, 1.807) is 19.0 Å². The van der Waals surface area contributed by atoms with Crippen LogP contribution in [0.15, 0.2) is 42.5 Å². The van der Waals surface area contributed by atoms with Crippen molar-refractivity contribution in [2.24, 2.45) is 0 Å². The summed E-state index contributed by atoms with van der Waals surface area (Å²) in [6.45, 7) is 4.61. The van der Waals surface area contributed by atoms with Gasteiger partial charge in [-0.25, -0.2) is 0 Å². The summed E-state index contributed by atoms with van der Waals surface area (Å²) in [5.74, 6) is 0.908. The molecular formula is C18H21NO2. The number of nitrogens with zero attached hydrogens (tertiary/aromatic N) is 1. The number of carbonyl (C=O) groups is 1. The van der Waals surface area contributed by atoms with E-state index in [1.165, 1.54) is 5.56 Å². The Bertz CT molecular complexity index is 630. The van der Waals surface area contributed by atoms with Crippen molar-refractivity contribution in [1.82, 2.24) is 4.90 Å². The Balaban J connectivity index is 2.02. The molecule has 0 aliphatic rings. The number of rotatable bonds is 4. The van der Waals surface area contributed by atoms with Crippen molar-refractivity contribution in [2.75, 3.05) is 14.1 Å². The Hall–Kier alpha value is -2.29. The third-order valence-corrected chi connectivity index (χ3v) is 3.33. The fourth-order valence-corrected chi connectivity index (χ4v) is 2.12. The van der Waals surface area contributed by atoms with Gasteiger partial charge in [-0.2, -0.15) is 0 Å². The van der Waals surface area contributed by atoms with E-state index in [1.807, 2.05) is 43.3 Å². The lowest BCUT2D eigenvalue weighted by molar-refractivity contribution is 0.0827. The van der Waals surface area contributed by atoms with Crippen molar-refractivity contribution in [3.63, 3.8) is 0 Å². The van der Waals surface area contributed by atoms with E-state index in [-0.39, 0.29) is 5.91 Å². The molecular weight excluding hydrogens is 262 g/mol. The van der Waals surface area contributed by atoms with Crippen LogP contribution in [0.2, 0.25) is 0 Å². The second-order valence-electron chi connectivity index (χ2n) is 5.45.